The maximum absolute atomic E-state index is 13.5. The lowest BCUT2D eigenvalue weighted by Crippen LogP contribution is -2.41. The number of hydrogen-bond donors (Lipinski definition) is 3. The van der Waals surface area contributed by atoms with Gasteiger partial charge in [-0.2, -0.15) is 23.6 Å². The summed E-state index contributed by atoms with van der Waals surface area (Å²) in [6, 6.07) is 17.7. The summed E-state index contributed by atoms with van der Waals surface area (Å²) in [5.41, 5.74) is 6.65. The lowest BCUT2D eigenvalue weighted by Gasteiger charge is -2.29. The number of carbonyl (C=O) groups is 1. The summed E-state index contributed by atoms with van der Waals surface area (Å²) in [7, 11) is 1.69. The fourth-order valence-corrected chi connectivity index (χ4v) is 4.58. The van der Waals surface area contributed by atoms with Crippen LogP contribution in [0.4, 0.5) is 24.5 Å². The number of alkyl halides is 3. The van der Waals surface area contributed by atoms with Crippen LogP contribution < -0.4 is 21.1 Å². The molecule has 0 aliphatic carbocycles. The van der Waals surface area contributed by atoms with Crippen LogP contribution in [0.5, 0.6) is 0 Å². The maximum atomic E-state index is 13.5. The van der Waals surface area contributed by atoms with Crippen LogP contribution in [-0.2, 0) is 21.4 Å². The van der Waals surface area contributed by atoms with E-state index in [9.17, 15) is 18.0 Å². The quantitative estimate of drug-likeness (QED) is 0.419. The summed E-state index contributed by atoms with van der Waals surface area (Å²) in [6.45, 7) is 4.04. The van der Waals surface area contributed by atoms with Crippen LogP contribution in [0.1, 0.15) is 42.7 Å². The van der Waals surface area contributed by atoms with Crippen molar-refractivity contribution >= 4 is 29.0 Å². The number of rotatable bonds is 6. The van der Waals surface area contributed by atoms with Crippen LogP contribution >= 0.6 is 0 Å². The summed E-state index contributed by atoms with van der Waals surface area (Å²) in [5.74, 6) is -0.471. The second-order valence-electron chi connectivity index (χ2n) is 9.58. The molecule has 40 heavy (non-hydrogen) atoms. The van der Waals surface area contributed by atoms with Crippen molar-refractivity contribution < 1.29 is 22.7 Å². The minimum atomic E-state index is -4.55. The number of halogens is 3. The number of benzodiazepines with no additional fused rings is 1. The summed E-state index contributed by atoms with van der Waals surface area (Å²) in [4.78, 5) is 28.1. The molecule has 0 spiro atoms. The highest BCUT2D eigenvalue weighted by Crippen LogP contribution is 2.37. The zero-order chi connectivity index (χ0) is 28.5. The number of nitrogens with zero attached hydrogens (tertiary/aromatic N) is 4. The van der Waals surface area contributed by atoms with E-state index in [-0.39, 0.29) is 17.4 Å². The van der Waals surface area contributed by atoms with E-state index in [0.717, 1.165) is 23.4 Å². The van der Waals surface area contributed by atoms with Gasteiger partial charge in [-0.3, -0.25) is 15.2 Å². The SMILES string of the molecule is CCCN(C)c1cc(C(F)(F)F)cnc1C1(C)NNC(=N[C@H]2N=C(c3ccccc3)c3ccccc3NC2=O)O1. The lowest BCUT2D eigenvalue weighted by molar-refractivity contribution is -0.137. The van der Waals surface area contributed by atoms with Crippen LogP contribution in [0.2, 0.25) is 0 Å². The van der Waals surface area contributed by atoms with Gasteiger partial charge in [0, 0.05) is 30.9 Å². The molecule has 1 saturated heterocycles. The van der Waals surface area contributed by atoms with Crippen molar-refractivity contribution in [1.82, 2.24) is 15.8 Å². The number of benzene rings is 2. The predicted octanol–water partition coefficient (Wildman–Crippen LogP) is 4.42. The number of pyridine rings is 1. The number of ether oxygens (including phenoxy) is 1. The third kappa shape index (κ3) is 5.34. The average molecular weight is 552 g/mol. The molecule has 2 aliphatic heterocycles. The van der Waals surface area contributed by atoms with Crippen LogP contribution in [0.25, 0.3) is 0 Å². The number of hydrogen-bond acceptors (Lipinski definition) is 7. The molecule has 0 radical (unpaired) electrons. The smallest absolute Gasteiger partial charge is 0.417 e. The van der Waals surface area contributed by atoms with E-state index in [4.69, 9.17) is 4.74 Å². The molecule has 0 saturated carbocycles. The third-order valence-corrected chi connectivity index (χ3v) is 6.54. The summed E-state index contributed by atoms with van der Waals surface area (Å²) in [5, 5.41) is 2.87. The highest BCUT2D eigenvalue weighted by Gasteiger charge is 2.42. The summed E-state index contributed by atoms with van der Waals surface area (Å²) in [6.07, 6.45) is -4.28. The van der Waals surface area contributed by atoms with Gasteiger partial charge in [-0.15, -0.1) is 0 Å². The number of fused-ring (bicyclic) bond motifs is 1. The van der Waals surface area contributed by atoms with Crippen molar-refractivity contribution in [2.45, 2.75) is 38.3 Å². The van der Waals surface area contributed by atoms with Gasteiger partial charge in [-0.05, 0) is 25.5 Å². The number of anilines is 2. The van der Waals surface area contributed by atoms with Gasteiger partial charge in [0.2, 0.25) is 11.9 Å². The van der Waals surface area contributed by atoms with Crippen LogP contribution in [0.15, 0.2) is 76.8 Å². The Bertz CT molecular complexity index is 1480. The topological polar surface area (TPSA) is 103 Å². The van der Waals surface area contributed by atoms with E-state index >= 15 is 0 Å². The van der Waals surface area contributed by atoms with Gasteiger partial charge >= 0.3 is 12.2 Å². The standard InChI is InChI=1S/C28H28F3N7O2/c1-4-14-38(3)21-15-18(28(29,30)31)16-32-23(21)27(2)37-36-26(40-27)35-24-25(39)33-20-13-9-8-12-19(20)22(34-24)17-10-6-5-7-11-17/h5-13,15-16,24,37H,4,14H2,1-3H3,(H,33,39)(H,35,36)/t24-,27?/m1/s1. The van der Waals surface area contributed by atoms with E-state index in [0.29, 0.717) is 24.4 Å². The molecule has 0 bridgehead atoms. The molecule has 5 rings (SSSR count). The first-order chi connectivity index (χ1) is 19.1. The van der Waals surface area contributed by atoms with Crippen molar-refractivity contribution in [3.8, 4) is 0 Å². The van der Waals surface area contributed by atoms with E-state index in [2.05, 4.69) is 31.1 Å². The Morgan fingerprint density at radius 2 is 1.85 bits per heavy atom. The zero-order valence-electron chi connectivity index (χ0n) is 22.1. The molecule has 9 nitrogen and oxygen atoms in total. The van der Waals surface area contributed by atoms with Gasteiger partial charge in [0.15, 0.2) is 0 Å². The molecule has 1 amide bonds. The van der Waals surface area contributed by atoms with Crippen molar-refractivity contribution in [2.24, 2.45) is 9.98 Å². The third-order valence-electron chi connectivity index (χ3n) is 6.54. The Morgan fingerprint density at radius 1 is 1.12 bits per heavy atom. The Morgan fingerprint density at radius 3 is 2.58 bits per heavy atom. The first-order valence-electron chi connectivity index (χ1n) is 12.7. The maximum Gasteiger partial charge on any atom is 0.417 e. The highest BCUT2D eigenvalue weighted by molar-refractivity contribution is 6.19. The molecule has 2 aliphatic rings. The number of amides is 1. The number of carbonyl (C=O) groups excluding carboxylic acids is 1. The van der Waals surface area contributed by atoms with E-state index < -0.39 is 29.5 Å². The number of hydrazine groups is 1. The molecule has 2 aromatic carbocycles. The minimum Gasteiger partial charge on any atom is -0.435 e. The second-order valence-corrected chi connectivity index (χ2v) is 9.58. The monoisotopic (exact) mass is 551 g/mol. The first kappa shape index (κ1) is 27.1. The van der Waals surface area contributed by atoms with Gasteiger partial charge in [0.25, 0.3) is 5.91 Å². The molecule has 1 unspecified atom stereocenters. The largest absolute Gasteiger partial charge is 0.435 e. The number of aliphatic imine (C=N–C) groups is 2. The molecule has 3 aromatic rings. The van der Waals surface area contributed by atoms with Crippen LogP contribution in [0.3, 0.4) is 0 Å². The molecule has 208 valence electrons. The molecular formula is C28H28F3N7O2. The van der Waals surface area contributed by atoms with Crippen LogP contribution in [-0.4, -0.2) is 42.4 Å². The fourth-order valence-electron chi connectivity index (χ4n) is 4.58. The predicted molar refractivity (Wildman–Crippen MR) is 146 cm³/mol. The van der Waals surface area contributed by atoms with Crippen molar-refractivity contribution in [3.05, 3.63) is 89.2 Å². The van der Waals surface area contributed by atoms with Gasteiger partial charge in [0.05, 0.1) is 22.6 Å². The van der Waals surface area contributed by atoms with Crippen molar-refractivity contribution in [2.75, 3.05) is 23.8 Å². The zero-order valence-corrected chi connectivity index (χ0v) is 22.1. The first-order valence-corrected chi connectivity index (χ1v) is 12.7. The Hall–Kier alpha value is -4.45. The number of para-hydroxylation sites is 1. The Kier molecular flexibility index (Phi) is 7.19. The fraction of sp³-hybridized carbons (Fsp3) is 0.286. The van der Waals surface area contributed by atoms with E-state index in [1.165, 1.54) is 0 Å². The number of nitrogens with one attached hydrogen (secondary N) is 3. The second kappa shape index (κ2) is 10.6. The highest BCUT2D eigenvalue weighted by atomic mass is 19.4. The van der Waals surface area contributed by atoms with Crippen molar-refractivity contribution in [1.29, 1.82) is 0 Å². The summed E-state index contributed by atoms with van der Waals surface area (Å²) >= 11 is 0. The van der Waals surface area contributed by atoms with Crippen LogP contribution in [0, 0.1) is 0 Å². The molecule has 12 heteroatoms. The van der Waals surface area contributed by atoms with Gasteiger partial charge in [-0.1, -0.05) is 55.5 Å². The molecule has 3 N–H and O–H groups in total. The van der Waals surface area contributed by atoms with Gasteiger partial charge < -0.3 is 15.0 Å². The molecule has 1 aromatic heterocycles. The molecule has 2 atom stereocenters. The molecular weight excluding hydrogens is 523 g/mol. The van der Waals surface area contributed by atoms with Crippen molar-refractivity contribution in [3.63, 3.8) is 0 Å². The minimum absolute atomic E-state index is 0.0597. The lowest BCUT2D eigenvalue weighted by atomic mass is 10.0. The average Bonchev–Trinajstić information content (AvgIpc) is 3.25. The molecule has 1 fully saturated rings. The molecule has 3 heterocycles. The summed E-state index contributed by atoms with van der Waals surface area (Å²) < 4.78 is 46.5. The van der Waals surface area contributed by atoms with Gasteiger partial charge in [0.1, 0.15) is 5.69 Å². The van der Waals surface area contributed by atoms with E-state index in [1.807, 2.05) is 55.5 Å². The van der Waals surface area contributed by atoms with E-state index in [1.54, 1.807) is 24.9 Å². The Balaban J connectivity index is 1.50. The normalized spacial score (nSPS) is 21.6. The Labute approximate surface area is 229 Å². The number of aromatic nitrogens is 1. The number of amidine groups is 1. The van der Waals surface area contributed by atoms with Gasteiger partial charge in [-0.25, -0.2) is 4.99 Å².